The largest absolute Gasteiger partial charge is 0.480 e. The normalized spacial score (nSPS) is 25.4. The van der Waals surface area contributed by atoms with Crippen LogP contribution in [0, 0.1) is 0 Å². The van der Waals surface area contributed by atoms with E-state index in [9.17, 15) is 23.1 Å². The Morgan fingerprint density at radius 2 is 2.00 bits per heavy atom. The molecule has 148 valence electrons. The van der Waals surface area contributed by atoms with Gasteiger partial charge in [-0.1, -0.05) is 30.3 Å². The van der Waals surface area contributed by atoms with Gasteiger partial charge in [-0.05, 0) is 25.3 Å². The van der Waals surface area contributed by atoms with Crippen LogP contribution in [0.1, 0.15) is 25.3 Å². The Labute approximate surface area is 158 Å². The number of β-lactam (4-membered cyclic amide) rings is 1. The van der Waals surface area contributed by atoms with Crippen LogP contribution in [0.3, 0.4) is 0 Å². The van der Waals surface area contributed by atoms with Crippen molar-refractivity contribution in [3.63, 3.8) is 0 Å². The summed E-state index contributed by atoms with van der Waals surface area (Å²) in [7, 11) is -3.53. The molecule has 8 nitrogen and oxygen atoms in total. The third-order valence-corrected chi connectivity index (χ3v) is 6.64. The molecule has 2 aliphatic rings. The van der Waals surface area contributed by atoms with Crippen LogP contribution >= 0.6 is 0 Å². The summed E-state index contributed by atoms with van der Waals surface area (Å²) in [4.78, 5) is 25.9. The maximum absolute atomic E-state index is 12.9. The molecule has 0 aromatic heterocycles. The number of carbonyl (C=O) groups excluding carboxylic acids is 1. The summed E-state index contributed by atoms with van der Waals surface area (Å²) in [5.41, 5.74) is -0.223. The van der Waals surface area contributed by atoms with Crippen LogP contribution in [0.2, 0.25) is 0 Å². The molecular formula is C18H24N2O6S. The van der Waals surface area contributed by atoms with Crippen LogP contribution in [0.4, 0.5) is 0 Å². The lowest BCUT2D eigenvalue weighted by atomic mass is 9.84. The summed E-state index contributed by atoms with van der Waals surface area (Å²) in [5.74, 6) is -1.62. The molecule has 1 aromatic carbocycles. The zero-order valence-corrected chi connectivity index (χ0v) is 16.2. The summed E-state index contributed by atoms with van der Waals surface area (Å²) in [6.07, 6.45) is 1.35. The van der Waals surface area contributed by atoms with Gasteiger partial charge >= 0.3 is 5.97 Å². The number of carboxylic acid groups (broad SMARTS) is 1. The van der Waals surface area contributed by atoms with Gasteiger partial charge < -0.3 is 14.7 Å². The summed E-state index contributed by atoms with van der Waals surface area (Å²) < 4.78 is 30.9. The number of ether oxygens (including phenoxy) is 1. The molecule has 2 fully saturated rings. The Kier molecular flexibility index (Phi) is 5.29. The number of likely N-dealkylation sites (tertiary alicyclic amines) is 1. The fourth-order valence-electron chi connectivity index (χ4n) is 4.01. The lowest BCUT2D eigenvalue weighted by molar-refractivity contribution is -0.176. The number of amides is 1. The maximum atomic E-state index is 12.9. The number of hydrogen-bond acceptors (Lipinski definition) is 5. The highest BCUT2D eigenvalue weighted by atomic mass is 32.2. The number of benzene rings is 1. The number of carbonyl (C=O) groups is 2. The number of hydrogen-bond donors (Lipinski definition) is 1. The first-order valence-electron chi connectivity index (χ1n) is 8.84. The molecule has 3 atom stereocenters. The highest BCUT2D eigenvalue weighted by Gasteiger charge is 2.63. The van der Waals surface area contributed by atoms with Gasteiger partial charge in [-0.3, -0.25) is 4.79 Å². The average Bonchev–Trinajstić information content (AvgIpc) is 3.07. The molecule has 2 saturated heterocycles. The quantitative estimate of drug-likeness (QED) is 0.680. The number of sulfonamides is 1. The van der Waals surface area contributed by atoms with Crippen molar-refractivity contribution in [3.8, 4) is 0 Å². The third-order valence-electron chi connectivity index (χ3n) is 5.31. The first-order valence-corrected chi connectivity index (χ1v) is 10.7. The molecule has 2 unspecified atom stereocenters. The van der Waals surface area contributed by atoms with E-state index in [1.807, 2.05) is 30.3 Å². The van der Waals surface area contributed by atoms with Crippen molar-refractivity contribution in [3.05, 3.63) is 35.9 Å². The predicted octanol–water partition coefficient (Wildman–Crippen LogP) is 0.681. The molecule has 1 N–H and O–H groups in total. The predicted molar refractivity (Wildman–Crippen MR) is 97.3 cm³/mol. The van der Waals surface area contributed by atoms with Gasteiger partial charge in [0, 0.05) is 6.54 Å². The average molecular weight is 396 g/mol. The zero-order valence-electron chi connectivity index (χ0n) is 15.4. The van der Waals surface area contributed by atoms with E-state index in [-0.39, 0.29) is 19.7 Å². The minimum absolute atomic E-state index is 0.0783. The van der Waals surface area contributed by atoms with Gasteiger partial charge in [-0.2, -0.15) is 4.31 Å². The van der Waals surface area contributed by atoms with Crippen LogP contribution in [-0.4, -0.2) is 71.6 Å². The third kappa shape index (κ3) is 3.59. The lowest BCUT2D eigenvalue weighted by Gasteiger charge is -2.52. The topological polar surface area (TPSA) is 104 Å². The molecule has 3 rings (SSSR count). The van der Waals surface area contributed by atoms with E-state index in [0.29, 0.717) is 12.8 Å². The molecule has 1 spiro atoms. The summed E-state index contributed by atoms with van der Waals surface area (Å²) in [5, 5.41) is 9.65. The Bertz CT molecular complexity index is 828. The minimum Gasteiger partial charge on any atom is -0.480 e. The van der Waals surface area contributed by atoms with E-state index >= 15 is 0 Å². The molecule has 9 heteroatoms. The van der Waals surface area contributed by atoms with E-state index in [1.54, 1.807) is 6.92 Å². The van der Waals surface area contributed by atoms with E-state index in [2.05, 4.69) is 0 Å². The second kappa shape index (κ2) is 7.21. The summed E-state index contributed by atoms with van der Waals surface area (Å²) >= 11 is 0. The van der Waals surface area contributed by atoms with Crippen molar-refractivity contribution in [2.45, 2.75) is 44.1 Å². The van der Waals surface area contributed by atoms with E-state index in [4.69, 9.17) is 4.74 Å². The molecule has 27 heavy (non-hydrogen) atoms. The SMILES string of the molecule is CC(OCc1ccccc1)C(C(=O)O)N1C[C@]2(CCCN2S(C)(=O)=O)C1=O. The number of aliphatic carboxylic acids is 1. The van der Waals surface area contributed by atoms with Crippen LogP contribution < -0.4 is 0 Å². The summed E-state index contributed by atoms with van der Waals surface area (Å²) in [6, 6.07) is 8.18. The fourth-order valence-corrected chi connectivity index (χ4v) is 5.33. The van der Waals surface area contributed by atoms with Crippen LogP contribution in [-0.2, 0) is 31.0 Å². The number of nitrogens with zero attached hydrogens (tertiary/aromatic N) is 2. The van der Waals surface area contributed by atoms with Crippen molar-refractivity contribution in [2.24, 2.45) is 0 Å². The van der Waals surface area contributed by atoms with Gasteiger partial charge in [0.25, 0.3) is 0 Å². The maximum Gasteiger partial charge on any atom is 0.329 e. The smallest absolute Gasteiger partial charge is 0.329 e. The molecule has 1 aromatic rings. The van der Waals surface area contributed by atoms with Crippen LogP contribution in [0.25, 0.3) is 0 Å². The van der Waals surface area contributed by atoms with Crippen molar-refractivity contribution >= 4 is 21.9 Å². The zero-order chi connectivity index (χ0) is 19.8. The Hall–Kier alpha value is -1.97. The molecule has 2 aliphatic heterocycles. The molecule has 1 amide bonds. The number of carboxylic acids is 1. The van der Waals surface area contributed by atoms with Crippen LogP contribution in [0.5, 0.6) is 0 Å². The van der Waals surface area contributed by atoms with Crippen molar-refractivity contribution < 1.29 is 27.9 Å². The van der Waals surface area contributed by atoms with Gasteiger partial charge in [0.05, 0.1) is 25.5 Å². The van der Waals surface area contributed by atoms with E-state index in [1.165, 1.54) is 9.21 Å². The monoisotopic (exact) mass is 396 g/mol. The Morgan fingerprint density at radius 1 is 1.33 bits per heavy atom. The van der Waals surface area contributed by atoms with Gasteiger partial charge in [0.15, 0.2) is 6.04 Å². The second-order valence-electron chi connectivity index (χ2n) is 7.19. The van der Waals surface area contributed by atoms with Gasteiger partial charge in [0.1, 0.15) is 5.54 Å². The van der Waals surface area contributed by atoms with Crippen molar-refractivity contribution in [1.29, 1.82) is 0 Å². The first-order chi connectivity index (χ1) is 12.7. The van der Waals surface area contributed by atoms with Gasteiger partial charge in [-0.15, -0.1) is 0 Å². The highest BCUT2D eigenvalue weighted by Crippen LogP contribution is 2.42. The van der Waals surface area contributed by atoms with Crippen LogP contribution in [0.15, 0.2) is 30.3 Å². The number of rotatable bonds is 7. The summed E-state index contributed by atoms with van der Waals surface area (Å²) in [6.45, 7) is 2.21. The molecule has 0 radical (unpaired) electrons. The van der Waals surface area contributed by atoms with Crippen molar-refractivity contribution in [1.82, 2.24) is 9.21 Å². The van der Waals surface area contributed by atoms with Gasteiger partial charge in [0.2, 0.25) is 15.9 Å². The molecule has 0 aliphatic carbocycles. The molecular weight excluding hydrogens is 372 g/mol. The van der Waals surface area contributed by atoms with E-state index < -0.39 is 39.6 Å². The first kappa shape index (κ1) is 19.8. The molecule has 0 bridgehead atoms. The van der Waals surface area contributed by atoms with Gasteiger partial charge in [-0.25, -0.2) is 13.2 Å². The van der Waals surface area contributed by atoms with E-state index in [0.717, 1.165) is 11.8 Å². The lowest BCUT2D eigenvalue weighted by Crippen LogP contribution is -2.76. The molecule has 2 heterocycles. The Balaban J connectivity index is 1.71. The molecule has 0 saturated carbocycles. The second-order valence-corrected chi connectivity index (χ2v) is 9.09. The minimum atomic E-state index is -3.53. The highest BCUT2D eigenvalue weighted by molar-refractivity contribution is 7.88. The van der Waals surface area contributed by atoms with Crippen molar-refractivity contribution in [2.75, 3.05) is 19.3 Å². The Morgan fingerprint density at radius 3 is 2.56 bits per heavy atom. The fraction of sp³-hybridized carbons (Fsp3) is 0.556. The standard InChI is InChI=1S/C18H24N2O6S/c1-13(26-11-14-7-4-3-5-8-14)15(16(21)22)19-12-18(17(19)23)9-6-10-20(18)27(2,24)25/h3-5,7-8,13,15H,6,9-12H2,1-2H3,(H,21,22)/t13?,15?,18-/m1/s1.